The lowest BCUT2D eigenvalue weighted by molar-refractivity contribution is 1.04. The number of hydrogen-bond acceptors (Lipinski definition) is 4. The number of aryl methyl sites for hydroxylation is 2. The quantitative estimate of drug-likeness (QED) is 0.542. The standard InChI is InChI=1S/C19H19N5S/c1-13-12-14(2)22-19(21-13)24-18(20)23-16-10-6-7-11-17(16)25-15-8-4-3-5-9-15/h3-12H,1-2H3,(H3,20,21,22,23,24). The Hall–Kier alpha value is -2.86. The molecule has 126 valence electrons. The molecule has 3 rings (SSSR count). The zero-order valence-corrected chi connectivity index (χ0v) is 14.9. The number of nitrogens with one attached hydrogen (secondary N) is 1. The molecule has 0 bridgehead atoms. The van der Waals surface area contributed by atoms with Crippen LogP contribution in [0.5, 0.6) is 0 Å². The highest BCUT2D eigenvalue weighted by Gasteiger charge is 2.06. The van der Waals surface area contributed by atoms with Crippen molar-refractivity contribution in [1.29, 1.82) is 0 Å². The number of aliphatic imine (C=N–C) groups is 1. The number of para-hydroxylation sites is 1. The molecule has 3 aromatic rings. The van der Waals surface area contributed by atoms with Crippen molar-refractivity contribution in [1.82, 2.24) is 9.97 Å². The number of anilines is 1. The van der Waals surface area contributed by atoms with E-state index in [4.69, 9.17) is 5.73 Å². The minimum atomic E-state index is 0.256. The SMILES string of the molecule is Cc1cc(C)nc(N=C(N)Nc2ccccc2Sc2ccccc2)n1. The van der Waals surface area contributed by atoms with Crippen molar-refractivity contribution in [3.8, 4) is 0 Å². The van der Waals surface area contributed by atoms with E-state index < -0.39 is 0 Å². The van der Waals surface area contributed by atoms with Crippen LogP contribution >= 0.6 is 11.8 Å². The van der Waals surface area contributed by atoms with Crippen LogP contribution < -0.4 is 11.1 Å². The van der Waals surface area contributed by atoms with E-state index >= 15 is 0 Å². The van der Waals surface area contributed by atoms with Crippen molar-refractivity contribution in [3.63, 3.8) is 0 Å². The van der Waals surface area contributed by atoms with Gasteiger partial charge in [0.25, 0.3) is 5.95 Å². The summed E-state index contributed by atoms with van der Waals surface area (Å²) in [5.74, 6) is 0.613. The number of nitrogens with zero attached hydrogens (tertiary/aromatic N) is 3. The Morgan fingerprint density at radius 3 is 2.32 bits per heavy atom. The molecule has 0 unspecified atom stereocenters. The Balaban J connectivity index is 1.81. The molecule has 0 spiro atoms. The molecule has 1 heterocycles. The molecule has 0 radical (unpaired) electrons. The van der Waals surface area contributed by atoms with E-state index in [1.54, 1.807) is 11.8 Å². The molecular weight excluding hydrogens is 330 g/mol. The normalized spacial score (nSPS) is 11.4. The van der Waals surface area contributed by atoms with E-state index in [9.17, 15) is 0 Å². The highest BCUT2D eigenvalue weighted by molar-refractivity contribution is 7.99. The fourth-order valence-electron chi connectivity index (χ4n) is 2.31. The van der Waals surface area contributed by atoms with Crippen LogP contribution in [0.3, 0.4) is 0 Å². The maximum absolute atomic E-state index is 6.05. The molecule has 0 amide bonds. The van der Waals surface area contributed by atoms with Gasteiger partial charge in [0.05, 0.1) is 5.69 Å². The summed E-state index contributed by atoms with van der Waals surface area (Å²) < 4.78 is 0. The van der Waals surface area contributed by atoms with E-state index in [2.05, 4.69) is 32.4 Å². The van der Waals surface area contributed by atoms with Crippen molar-refractivity contribution >= 4 is 29.4 Å². The first-order valence-corrected chi connectivity index (χ1v) is 8.67. The number of benzene rings is 2. The molecule has 2 aromatic carbocycles. The first-order chi connectivity index (χ1) is 12.1. The Morgan fingerprint density at radius 1 is 0.960 bits per heavy atom. The lowest BCUT2D eigenvalue weighted by Gasteiger charge is -2.11. The highest BCUT2D eigenvalue weighted by Crippen LogP contribution is 2.33. The predicted molar refractivity (Wildman–Crippen MR) is 103 cm³/mol. The van der Waals surface area contributed by atoms with Gasteiger partial charge in [-0.2, -0.15) is 4.99 Å². The van der Waals surface area contributed by atoms with Gasteiger partial charge in [-0.1, -0.05) is 42.1 Å². The molecule has 0 aliphatic rings. The number of nitrogens with two attached hydrogens (primary N) is 1. The number of hydrogen-bond donors (Lipinski definition) is 2. The summed E-state index contributed by atoms with van der Waals surface area (Å²) in [7, 11) is 0. The van der Waals surface area contributed by atoms with Gasteiger partial charge >= 0.3 is 0 Å². The molecule has 0 aliphatic carbocycles. The molecular formula is C19H19N5S. The van der Waals surface area contributed by atoms with Gasteiger partial charge in [0.1, 0.15) is 0 Å². The molecule has 0 saturated carbocycles. The van der Waals surface area contributed by atoms with Crippen molar-refractivity contribution in [2.45, 2.75) is 23.6 Å². The second-order valence-electron chi connectivity index (χ2n) is 5.48. The topological polar surface area (TPSA) is 76.2 Å². The molecule has 0 saturated heterocycles. The van der Waals surface area contributed by atoms with Gasteiger partial charge in [0.15, 0.2) is 0 Å². The second kappa shape index (κ2) is 7.81. The van der Waals surface area contributed by atoms with Gasteiger partial charge in [-0.15, -0.1) is 0 Å². The molecule has 25 heavy (non-hydrogen) atoms. The predicted octanol–water partition coefficient (Wildman–Crippen LogP) is 4.30. The maximum Gasteiger partial charge on any atom is 0.253 e. The smallest absolute Gasteiger partial charge is 0.253 e. The molecule has 0 fully saturated rings. The minimum absolute atomic E-state index is 0.256. The summed E-state index contributed by atoms with van der Waals surface area (Å²) in [5.41, 5.74) is 8.66. The van der Waals surface area contributed by atoms with Gasteiger partial charge in [-0.05, 0) is 44.2 Å². The van der Waals surface area contributed by atoms with Gasteiger partial charge in [-0.3, -0.25) is 0 Å². The third-order valence-corrected chi connectivity index (χ3v) is 4.40. The Morgan fingerprint density at radius 2 is 1.60 bits per heavy atom. The van der Waals surface area contributed by atoms with Crippen LogP contribution in [0.2, 0.25) is 0 Å². The van der Waals surface area contributed by atoms with Gasteiger partial charge < -0.3 is 11.1 Å². The van der Waals surface area contributed by atoms with Crippen molar-refractivity contribution in [3.05, 3.63) is 72.1 Å². The third kappa shape index (κ3) is 4.81. The summed E-state index contributed by atoms with van der Waals surface area (Å²) in [4.78, 5) is 15.1. The van der Waals surface area contributed by atoms with Gasteiger partial charge in [0.2, 0.25) is 5.96 Å². The van der Waals surface area contributed by atoms with Gasteiger partial charge in [0, 0.05) is 21.2 Å². The zero-order valence-electron chi connectivity index (χ0n) is 14.1. The van der Waals surface area contributed by atoms with Crippen LogP contribution in [0.25, 0.3) is 0 Å². The molecule has 3 N–H and O–H groups in total. The molecule has 0 atom stereocenters. The highest BCUT2D eigenvalue weighted by atomic mass is 32.2. The van der Waals surface area contributed by atoms with Crippen LogP contribution in [0.4, 0.5) is 11.6 Å². The van der Waals surface area contributed by atoms with E-state index in [1.165, 1.54) is 0 Å². The Labute approximate surface area is 151 Å². The summed E-state index contributed by atoms with van der Waals surface area (Å²) in [5, 5.41) is 3.15. The van der Waals surface area contributed by atoms with E-state index in [1.807, 2.05) is 62.4 Å². The third-order valence-electron chi connectivity index (χ3n) is 3.31. The minimum Gasteiger partial charge on any atom is -0.369 e. The molecule has 0 aliphatic heterocycles. The Kier molecular flexibility index (Phi) is 5.30. The monoisotopic (exact) mass is 349 g/mol. The van der Waals surface area contributed by atoms with E-state index in [0.29, 0.717) is 5.95 Å². The summed E-state index contributed by atoms with van der Waals surface area (Å²) in [6.07, 6.45) is 0. The van der Waals surface area contributed by atoms with Crippen LogP contribution in [-0.2, 0) is 0 Å². The molecule has 5 nitrogen and oxygen atoms in total. The average molecular weight is 349 g/mol. The number of guanidine groups is 1. The van der Waals surface area contributed by atoms with Crippen LogP contribution in [0.1, 0.15) is 11.4 Å². The number of rotatable bonds is 4. The van der Waals surface area contributed by atoms with Crippen LogP contribution in [0, 0.1) is 13.8 Å². The lowest BCUT2D eigenvalue weighted by atomic mass is 10.3. The average Bonchev–Trinajstić information content (AvgIpc) is 2.56. The summed E-state index contributed by atoms with van der Waals surface area (Å²) in [6.45, 7) is 3.81. The fraction of sp³-hybridized carbons (Fsp3) is 0.105. The van der Waals surface area contributed by atoms with Crippen LogP contribution in [0.15, 0.2) is 75.4 Å². The first kappa shape index (κ1) is 17.0. The zero-order chi connectivity index (χ0) is 17.6. The molecule has 1 aromatic heterocycles. The van der Waals surface area contributed by atoms with Crippen molar-refractivity contribution < 1.29 is 0 Å². The first-order valence-electron chi connectivity index (χ1n) is 7.85. The second-order valence-corrected chi connectivity index (χ2v) is 6.60. The van der Waals surface area contributed by atoms with Crippen molar-refractivity contribution in [2.24, 2.45) is 10.7 Å². The van der Waals surface area contributed by atoms with E-state index in [0.717, 1.165) is 26.9 Å². The number of aromatic nitrogens is 2. The fourth-order valence-corrected chi connectivity index (χ4v) is 3.23. The lowest BCUT2D eigenvalue weighted by Crippen LogP contribution is -2.22. The largest absolute Gasteiger partial charge is 0.369 e. The molecule has 6 heteroatoms. The maximum atomic E-state index is 6.05. The summed E-state index contributed by atoms with van der Waals surface area (Å²) in [6, 6.07) is 20.0. The summed E-state index contributed by atoms with van der Waals surface area (Å²) >= 11 is 1.66. The van der Waals surface area contributed by atoms with Gasteiger partial charge in [-0.25, -0.2) is 9.97 Å². The van der Waals surface area contributed by atoms with E-state index in [-0.39, 0.29) is 5.96 Å². The van der Waals surface area contributed by atoms with Crippen LogP contribution in [-0.4, -0.2) is 15.9 Å². The van der Waals surface area contributed by atoms with Crippen molar-refractivity contribution in [2.75, 3.05) is 5.32 Å². The Bertz CT molecular complexity index is 873.